The topological polar surface area (TPSA) is 172 Å². The fraction of sp³-hybridized carbons (Fsp3) is 0.600. The molecule has 0 radical (unpaired) electrons. The third kappa shape index (κ3) is 11.1. The Kier molecular flexibility index (Phi) is 13.0. The van der Waals surface area contributed by atoms with E-state index in [1.807, 2.05) is 51.1 Å². The van der Waals surface area contributed by atoms with E-state index in [-0.39, 0.29) is 65.9 Å². The van der Waals surface area contributed by atoms with Crippen molar-refractivity contribution in [1.29, 1.82) is 0 Å². The molecule has 1 aromatic carbocycles. The first-order valence-electron chi connectivity index (χ1n) is 16.9. The summed E-state index contributed by atoms with van der Waals surface area (Å²) in [4.78, 5) is 66.8. The highest BCUT2D eigenvalue weighted by Gasteiger charge is 2.34. The molecule has 4 rings (SSSR count). The Hall–Kier alpha value is -4.42. The summed E-state index contributed by atoms with van der Waals surface area (Å²) in [6.07, 6.45) is 2.97. The monoisotopic (exact) mass is 666 g/mol. The van der Waals surface area contributed by atoms with Crippen LogP contribution in [0.4, 0.5) is 4.79 Å². The second kappa shape index (κ2) is 17.1. The number of rotatable bonds is 8. The van der Waals surface area contributed by atoms with Crippen molar-refractivity contribution in [2.45, 2.75) is 91.8 Å². The minimum atomic E-state index is -0.837. The lowest BCUT2D eigenvalue weighted by molar-refractivity contribution is -0.124. The number of aromatic nitrogens is 1. The molecular formula is C35H50N6O7. The molecule has 13 heteroatoms. The first-order valence-corrected chi connectivity index (χ1v) is 16.9. The molecule has 0 bridgehead atoms. The summed E-state index contributed by atoms with van der Waals surface area (Å²) in [6.45, 7) is 9.43. The fourth-order valence-corrected chi connectivity index (χ4v) is 6.22. The average Bonchev–Trinajstić information content (AvgIpc) is 3.41. The number of amides is 5. The second-order valence-electron chi connectivity index (χ2n) is 14.0. The van der Waals surface area contributed by atoms with E-state index in [2.05, 4.69) is 26.4 Å². The van der Waals surface area contributed by atoms with E-state index in [4.69, 9.17) is 9.26 Å². The first kappa shape index (κ1) is 36.4. The van der Waals surface area contributed by atoms with Gasteiger partial charge in [-0.1, -0.05) is 56.3 Å². The molecule has 4 N–H and O–H groups in total. The Morgan fingerprint density at radius 3 is 2.58 bits per heavy atom. The maximum absolute atomic E-state index is 13.5. The van der Waals surface area contributed by atoms with Crippen molar-refractivity contribution in [2.24, 2.45) is 17.3 Å². The Bertz CT molecular complexity index is 1420. The minimum absolute atomic E-state index is 0.0194. The van der Waals surface area contributed by atoms with Crippen LogP contribution in [0.25, 0.3) is 0 Å². The zero-order valence-corrected chi connectivity index (χ0v) is 28.6. The molecule has 2 aliphatic heterocycles. The number of benzene rings is 1. The van der Waals surface area contributed by atoms with Crippen molar-refractivity contribution in [3.63, 3.8) is 0 Å². The Morgan fingerprint density at radius 2 is 1.83 bits per heavy atom. The predicted octanol–water partition coefficient (Wildman–Crippen LogP) is 3.61. The number of nitrogens with zero attached hydrogens (tertiary/aromatic N) is 2. The van der Waals surface area contributed by atoms with Gasteiger partial charge in [-0.2, -0.15) is 0 Å². The van der Waals surface area contributed by atoms with Crippen molar-refractivity contribution >= 4 is 29.7 Å². The Morgan fingerprint density at radius 1 is 1.06 bits per heavy atom. The number of carbonyl (C=O) groups is 5. The number of hydrogen-bond donors (Lipinski definition) is 4. The van der Waals surface area contributed by atoms with Gasteiger partial charge < -0.3 is 35.4 Å². The number of likely N-dealkylation sites (tertiary alicyclic amines) is 1. The normalized spacial score (nSPS) is 21.0. The van der Waals surface area contributed by atoms with Gasteiger partial charge >= 0.3 is 6.09 Å². The van der Waals surface area contributed by atoms with E-state index >= 15 is 0 Å². The summed E-state index contributed by atoms with van der Waals surface area (Å²) in [7, 11) is 0. The zero-order chi connectivity index (χ0) is 34.7. The molecule has 1 saturated heterocycles. The molecule has 0 saturated carbocycles. The zero-order valence-electron chi connectivity index (χ0n) is 28.6. The lowest BCUT2D eigenvalue weighted by Gasteiger charge is -2.38. The van der Waals surface area contributed by atoms with Crippen LogP contribution in [0.2, 0.25) is 0 Å². The van der Waals surface area contributed by atoms with Gasteiger partial charge in [-0.05, 0) is 61.8 Å². The average molecular weight is 667 g/mol. The number of aryl methyl sites for hydroxylation is 1. The molecular weight excluding hydrogens is 616 g/mol. The summed E-state index contributed by atoms with van der Waals surface area (Å²) in [5.74, 6) is -0.930. The number of nitrogens with one attached hydrogen (secondary N) is 4. The van der Waals surface area contributed by atoms with Crippen LogP contribution in [0.3, 0.4) is 0 Å². The third-order valence-corrected chi connectivity index (χ3v) is 8.78. The first-order chi connectivity index (χ1) is 22.9. The lowest BCUT2D eigenvalue weighted by Crippen LogP contribution is -2.48. The molecule has 0 aliphatic carbocycles. The number of fused-ring (bicyclic) bond motifs is 2. The van der Waals surface area contributed by atoms with Gasteiger partial charge in [-0.25, -0.2) is 4.79 Å². The molecule has 2 aromatic rings. The summed E-state index contributed by atoms with van der Waals surface area (Å²) in [5, 5.41) is 15.6. The van der Waals surface area contributed by atoms with Gasteiger partial charge in [0.25, 0.3) is 5.91 Å². The highest BCUT2D eigenvalue weighted by atomic mass is 16.6. The van der Waals surface area contributed by atoms with Crippen LogP contribution in [0.5, 0.6) is 0 Å². The predicted molar refractivity (Wildman–Crippen MR) is 177 cm³/mol. The van der Waals surface area contributed by atoms with E-state index in [1.54, 1.807) is 11.8 Å². The molecule has 0 spiro atoms. The number of hydrogen-bond acceptors (Lipinski definition) is 8. The van der Waals surface area contributed by atoms with Gasteiger partial charge in [0.15, 0.2) is 5.76 Å². The summed E-state index contributed by atoms with van der Waals surface area (Å²) in [5.41, 5.74) is 1.33. The highest BCUT2D eigenvalue weighted by molar-refractivity contribution is 5.99. The molecule has 2 aliphatic rings. The van der Waals surface area contributed by atoms with E-state index in [1.165, 1.54) is 0 Å². The molecule has 1 fully saturated rings. The van der Waals surface area contributed by atoms with Gasteiger partial charge in [0.2, 0.25) is 17.7 Å². The smallest absolute Gasteiger partial charge is 0.410 e. The van der Waals surface area contributed by atoms with E-state index in [0.717, 1.165) is 5.56 Å². The molecule has 262 valence electrons. The summed E-state index contributed by atoms with van der Waals surface area (Å²) < 4.78 is 11.0. The maximum atomic E-state index is 13.5. The highest BCUT2D eigenvalue weighted by Crippen LogP contribution is 2.30. The molecule has 3 heterocycles. The summed E-state index contributed by atoms with van der Waals surface area (Å²) in [6, 6.07) is 8.63. The van der Waals surface area contributed by atoms with Gasteiger partial charge in [-0.3, -0.25) is 19.2 Å². The van der Waals surface area contributed by atoms with Crippen LogP contribution in [0.15, 0.2) is 34.9 Å². The molecule has 48 heavy (non-hydrogen) atoms. The van der Waals surface area contributed by atoms with Crippen LogP contribution < -0.4 is 21.3 Å². The molecule has 3 atom stereocenters. The van der Waals surface area contributed by atoms with Crippen molar-refractivity contribution in [1.82, 2.24) is 31.3 Å². The van der Waals surface area contributed by atoms with E-state index < -0.39 is 18.0 Å². The van der Waals surface area contributed by atoms with Crippen LogP contribution in [-0.4, -0.2) is 72.0 Å². The summed E-state index contributed by atoms with van der Waals surface area (Å²) >= 11 is 0. The number of piperidine rings is 1. The van der Waals surface area contributed by atoms with Crippen molar-refractivity contribution in [3.05, 3.63) is 52.9 Å². The molecule has 0 unspecified atom stereocenters. The molecule has 5 amide bonds. The van der Waals surface area contributed by atoms with Gasteiger partial charge in [0.1, 0.15) is 18.2 Å². The van der Waals surface area contributed by atoms with Gasteiger partial charge in [-0.15, -0.1) is 0 Å². The van der Waals surface area contributed by atoms with Crippen molar-refractivity contribution < 1.29 is 33.2 Å². The minimum Gasteiger partial charge on any atom is -0.445 e. The number of carbonyl (C=O) groups excluding carboxylic acids is 5. The number of unbranched alkanes of at least 4 members (excludes halogenated alkanes) is 1. The van der Waals surface area contributed by atoms with Gasteiger partial charge in [0, 0.05) is 39.0 Å². The molecule has 13 nitrogen and oxygen atoms in total. The van der Waals surface area contributed by atoms with Crippen LogP contribution in [-0.2, 0) is 32.3 Å². The Balaban J connectivity index is 1.41. The van der Waals surface area contributed by atoms with Crippen molar-refractivity contribution in [3.8, 4) is 0 Å². The number of ether oxygens (including phenoxy) is 1. The Labute approximate surface area is 282 Å². The largest absolute Gasteiger partial charge is 0.445 e. The fourth-order valence-electron chi connectivity index (χ4n) is 6.22. The van der Waals surface area contributed by atoms with Crippen molar-refractivity contribution in [2.75, 3.05) is 26.2 Å². The maximum Gasteiger partial charge on any atom is 0.410 e. The lowest BCUT2D eigenvalue weighted by atomic mass is 9.81. The van der Waals surface area contributed by atoms with Crippen LogP contribution >= 0.6 is 0 Å². The van der Waals surface area contributed by atoms with Crippen LogP contribution in [0.1, 0.15) is 93.1 Å². The van der Waals surface area contributed by atoms with Gasteiger partial charge in [0.05, 0.1) is 12.2 Å². The SMILES string of the molecule is Cc1noc2c1C(=O)N[C@@H](CCCCNC(=O)CC(C)(C)C)C(=O)NCC[C@H]1CN(C(=O)OCc3ccccc3)CC[C@H]1CC(=O)NC2. The second-order valence-corrected chi connectivity index (χ2v) is 14.0. The standard InChI is InChI=1S/C35H50N6O7/c1-23-31-28(48-40-23)20-38-29(42)18-25-14-17-41(34(46)47-22-24-10-6-5-7-11-24)21-26(25)13-16-37-32(44)27(39-33(31)45)12-8-9-15-36-30(43)19-35(2,3)4/h5-7,10-11,25-27H,8-9,12-22H2,1-4H3,(H,36,43)(H,37,44)(H,38,42)(H,39,45)/t25-,26-,27-/m0/s1. The quantitative estimate of drug-likeness (QED) is 0.310. The van der Waals surface area contributed by atoms with E-state index in [9.17, 15) is 24.0 Å². The third-order valence-electron chi connectivity index (χ3n) is 8.78. The van der Waals surface area contributed by atoms with E-state index in [0.29, 0.717) is 70.4 Å². The molecule has 1 aromatic heterocycles. The van der Waals surface area contributed by atoms with Crippen LogP contribution in [0, 0.1) is 24.2 Å².